The molecule has 0 fully saturated rings. The van der Waals surface area contributed by atoms with E-state index in [4.69, 9.17) is 15.2 Å². The number of rotatable bonds is 4. The van der Waals surface area contributed by atoms with Gasteiger partial charge in [-0.25, -0.2) is 4.39 Å². The Balaban J connectivity index is 2.56. The van der Waals surface area contributed by atoms with Crippen LogP contribution in [0.25, 0.3) is 0 Å². The molecular formula is C15H14FNO3. The maximum atomic E-state index is 13.3. The van der Waals surface area contributed by atoms with E-state index in [9.17, 15) is 9.18 Å². The molecule has 2 N–H and O–H groups in total. The summed E-state index contributed by atoms with van der Waals surface area (Å²) in [5.74, 6) is -0.223. The van der Waals surface area contributed by atoms with Crippen LogP contribution in [0.4, 0.5) is 10.1 Å². The average molecular weight is 275 g/mol. The molecule has 0 aliphatic heterocycles. The minimum Gasteiger partial charge on any atom is -0.493 e. The molecule has 0 saturated carbocycles. The third-order valence-corrected chi connectivity index (χ3v) is 2.91. The van der Waals surface area contributed by atoms with Crippen LogP contribution in [0, 0.1) is 5.82 Å². The van der Waals surface area contributed by atoms with E-state index >= 15 is 0 Å². The molecule has 2 aromatic carbocycles. The zero-order chi connectivity index (χ0) is 14.7. The maximum absolute atomic E-state index is 13.3. The number of hydrogen-bond acceptors (Lipinski definition) is 4. The fourth-order valence-corrected chi connectivity index (χ4v) is 1.94. The van der Waals surface area contributed by atoms with Crippen LogP contribution in [0.15, 0.2) is 36.4 Å². The van der Waals surface area contributed by atoms with E-state index in [0.717, 1.165) is 6.07 Å². The molecule has 0 heterocycles. The lowest BCUT2D eigenvalue weighted by Crippen LogP contribution is -2.08. The summed E-state index contributed by atoms with van der Waals surface area (Å²) in [6.07, 6.45) is 0. The lowest BCUT2D eigenvalue weighted by molar-refractivity contribution is 0.103. The number of anilines is 1. The highest BCUT2D eigenvalue weighted by Crippen LogP contribution is 2.33. The number of hydrogen-bond donors (Lipinski definition) is 1. The van der Waals surface area contributed by atoms with Crippen LogP contribution in [-0.4, -0.2) is 20.0 Å². The second kappa shape index (κ2) is 5.61. The van der Waals surface area contributed by atoms with E-state index in [1.54, 1.807) is 18.2 Å². The molecule has 0 bridgehead atoms. The number of nitrogen functional groups attached to an aromatic ring is 1. The van der Waals surface area contributed by atoms with Crippen molar-refractivity contribution in [3.63, 3.8) is 0 Å². The molecule has 5 heteroatoms. The molecule has 104 valence electrons. The standard InChI is InChI=1S/C15H14FNO3/c1-19-13-5-3-4-10(15(13)20-2)14(18)11-8-9(16)6-7-12(11)17/h3-8H,17H2,1-2H3. The number of halogens is 1. The molecule has 0 atom stereocenters. The Morgan fingerprint density at radius 1 is 1.10 bits per heavy atom. The Bertz CT molecular complexity index is 656. The van der Waals surface area contributed by atoms with Gasteiger partial charge in [0, 0.05) is 11.3 Å². The molecule has 0 saturated heterocycles. The highest BCUT2D eigenvalue weighted by atomic mass is 19.1. The molecule has 0 unspecified atom stereocenters. The van der Waals surface area contributed by atoms with E-state index in [1.165, 1.54) is 26.4 Å². The van der Waals surface area contributed by atoms with Crippen LogP contribution < -0.4 is 15.2 Å². The zero-order valence-electron chi connectivity index (χ0n) is 11.1. The third-order valence-electron chi connectivity index (χ3n) is 2.91. The first kappa shape index (κ1) is 13.9. The van der Waals surface area contributed by atoms with Crippen molar-refractivity contribution in [3.8, 4) is 11.5 Å². The summed E-state index contributed by atoms with van der Waals surface area (Å²) in [6.45, 7) is 0. The molecule has 20 heavy (non-hydrogen) atoms. The van der Waals surface area contributed by atoms with Crippen molar-refractivity contribution in [2.45, 2.75) is 0 Å². The first-order valence-electron chi connectivity index (χ1n) is 5.89. The van der Waals surface area contributed by atoms with Crippen LogP contribution >= 0.6 is 0 Å². The van der Waals surface area contributed by atoms with Gasteiger partial charge in [-0.1, -0.05) is 6.07 Å². The first-order chi connectivity index (χ1) is 9.58. The number of para-hydroxylation sites is 1. The molecule has 0 amide bonds. The van der Waals surface area contributed by atoms with Crippen LogP contribution in [0.1, 0.15) is 15.9 Å². The molecule has 4 nitrogen and oxygen atoms in total. The van der Waals surface area contributed by atoms with E-state index in [1.807, 2.05) is 0 Å². The summed E-state index contributed by atoms with van der Waals surface area (Å²) in [4.78, 5) is 12.5. The molecule has 0 aliphatic carbocycles. The van der Waals surface area contributed by atoms with Gasteiger partial charge in [-0.15, -0.1) is 0 Å². The predicted octanol–water partition coefficient (Wildman–Crippen LogP) is 2.66. The summed E-state index contributed by atoms with van der Waals surface area (Å²) >= 11 is 0. The van der Waals surface area contributed by atoms with Gasteiger partial charge in [0.05, 0.1) is 19.8 Å². The first-order valence-corrected chi connectivity index (χ1v) is 5.89. The van der Waals surface area contributed by atoms with Gasteiger partial charge in [0.1, 0.15) is 5.82 Å². The van der Waals surface area contributed by atoms with Gasteiger partial charge in [-0.05, 0) is 30.3 Å². The second-order valence-corrected chi connectivity index (χ2v) is 4.10. The quantitative estimate of drug-likeness (QED) is 0.688. The van der Waals surface area contributed by atoms with Gasteiger partial charge in [-0.2, -0.15) is 0 Å². The number of carbonyl (C=O) groups excluding carboxylic acids is 1. The second-order valence-electron chi connectivity index (χ2n) is 4.10. The monoisotopic (exact) mass is 275 g/mol. The third kappa shape index (κ3) is 2.42. The normalized spacial score (nSPS) is 10.2. The van der Waals surface area contributed by atoms with Crippen molar-refractivity contribution in [2.24, 2.45) is 0 Å². The molecule has 2 rings (SSSR count). The summed E-state index contributed by atoms with van der Waals surface area (Å²) in [7, 11) is 2.91. The Morgan fingerprint density at radius 2 is 1.85 bits per heavy atom. The largest absolute Gasteiger partial charge is 0.493 e. The molecule has 0 aliphatic rings. The minimum atomic E-state index is -0.524. The van der Waals surface area contributed by atoms with Crippen molar-refractivity contribution in [2.75, 3.05) is 20.0 Å². The van der Waals surface area contributed by atoms with Crippen molar-refractivity contribution >= 4 is 11.5 Å². The fraction of sp³-hybridized carbons (Fsp3) is 0.133. The Hall–Kier alpha value is -2.56. The maximum Gasteiger partial charge on any atom is 0.199 e. The molecule has 2 aromatic rings. The van der Waals surface area contributed by atoms with Crippen LogP contribution in [0.2, 0.25) is 0 Å². The van der Waals surface area contributed by atoms with Gasteiger partial charge in [0.25, 0.3) is 0 Å². The number of nitrogens with two attached hydrogens (primary N) is 1. The van der Waals surface area contributed by atoms with Crippen molar-refractivity contribution < 1.29 is 18.7 Å². The SMILES string of the molecule is COc1cccc(C(=O)c2cc(F)ccc2N)c1OC. The van der Waals surface area contributed by atoms with Gasteiger partial charge >= 0.3 is 0 Å². The predicted molar refractivity (Wildman–Crippen MR) is 73.8 cm³/mol. The number of methoxy groups -OCH3 is 2. The highest BCUT2D eigenvalue weighted by Gasteiger charge is 2.20. The van der Waals surface area contributed by atoms with E-state index < -0.39 is 11.6 Å². The van der Waals surface area contributed by atoms with E-state index in [0.29, 0.717) is 11.5 Å². The van der Waals surface area contributed by atoms with Crippen molar-refractivity contribution in [1.82, 2.24) is 0 Å². The van der Waals surface area contributed by atoms with E-state index in [-0.39, 0.29) is 16.8 Å². The van der Waals surface area contributed by atoms with Gasteiger partial charge in [-0.3, -0.25) is 4.79 Å². The summed E-state index contributed by atoms with van der Waals surface area (Å²) < 4.78 is 23.6. The summed E-state index contributed by atoms with van der Waals surface area (Å²) in [5, 5.41) is 0. The van der Waals surface area contributed by atoms with Gasteiger partial charge < -0.3 is 15.2 Å². The van der Waals surface area contributed by atoms with Crippen LogP contribution in [0.5, 0.6) is 11.5 Å². The topological polar surface area (TPSA) is 61.5 Å². The smallest absolute Gasteiger partial charge is 0.199 e. The van der Waals surface area contributed by atoms with Crippen LogP contribution in [-0.2, 0) is 0 Å². The molecule has 0 aromatic heterocycles. The lowest BCUT2D eigenvalue weighted by Gasteiger charge is -2.12. The fourth-order valence-electron chi connectivity index (χ4n) is 1.94. The Kier molecular flexibility index (Phi) is 3.89. The number of carbonyl (C=O) groups is 1. The molecule has 0 radical (unpaired) electrons. The summed E-state index contributed by atoms with van der Waals surface area (Å²) in [6, 6.07) is 8.57. The van der Waals surface area contributed by atoms with Crippen LogP contribution in [0.3, 0.4) is 0 Å². The zero-order valence-corrected chi connectivity index (χ0v) is 11.1. The highest BCUT2D eigenvalue weighted by molar-refractivity contribution is 6.14. The van der Waals surface area contributed by atoms with Gasteiger partial charge in [0.2, 0.25) is 0 Å². The average Bonchev–Trinajstić information content (AvgIpc) is 2.48. The molecular weight excluding hydrogens is 261 g/mol. The van der Waals surface area contributed by atoms with Crippen molar-refractivity contribution in [3.05, 3.63) is 53.3 Å². The van der Waals surface area contributed by atoms with Gasteiger partial charge in [0.15, 0.2) is 17.3 Å². The van der Waals surface area contributed by atoms with E-state index in [2.05, 4.69) is 0 Å². The van der Waals surface area contributed by atoms with Crippen molar-refractivity contribution in [1.29, 1.82) is 0 Å². The number of benzene rings is 2. The minimum absolute atomic E-state index is 0.0940. The number of ether oxygens (including phenoxy) is 2. The summed E-state index contributed by atoms with van der Waals surface area (Å²) in [5.41, 5.74) is 6.30. The Morgan fingerprint density at radius 3 is 2.50 bits per heavy atom. The number of ketones is 1. The molecule has 0 spiro atoms. The lowest BCUT2D eigenvalue weighted by atomic mass is 10.0. The Labute approximate surface area is 115 Å².